The summed E-state index contributed by atoms with van der Waals surface area (Å²) in [5, 5.41) is 2.21. The van der Waals surface area contributed by atoms with E-state index in [0.717, 1.165) is 0 Å². The first kappa shape index (κ1) is 7.70. The minimum Gasteiger partial charge on any atom is -0.366 e. The lowest BCUT2D eigenvalue weighted by atomic mass is 9.90. The number of rotatable bonds is 0. The molecule has 0 spiro atoms. The number of fused-ring (bicyclic) bond motifs is 1. The molecule has 2 aliphatic rings. The summed E-state index contributed by atoms with van der Waals surface area (Å²) in [7, 11) is 0. The van der Waals surface area contributed by atoms with Gasteiger partial charge in [-0.05, 0) is 0 Å². The molecule has 0 aromatic heterocycles. The summed E-state index contributed by atoms with van der Waals surface area (Å²) in [5.74, 6) is -0.711. The van der Waals surface area contributed by atoms with Gasteiger partial charge in [-0.3, -0.25) is 14.9 Å². The van der Waals surface area contributed by atoms with Gasteiger partial charge in [0.05, 0.1) is 6.61 Å². The Hall–Kier alpha value is -0.940. The van der Waals surface area contributed by atoms with Crippen molar-refractivity contribution in [3.05, 3.63) is 0 Å². The van der Waals surface area contributed by atoms with Gasteiger partial charge in [0.2, 0.25) is 5.91 Å². The number of hydrogen-bond donors (Lipinski definition) is 2. The first-order valence-corrected chi connectivity index (χ1v) is 3.89. The summed E-state index contributed by atoms with van der Waals surface area (Å²) < 4.78 is 5.14. The number of carbonyl (C=O) groups excluding carboxylic acids is 2. The molecule has 5 nitrogen and oxygen atoms in total. The number of carbonyl (C=O) groups is 2. The predicted octanol–water partition coefficient (Wildman–Crippen LogP) is -1.62. The molecule has 2 heterocycles. The van der Waals surface area contributed by atoms with Crippen LogP contribution in [0.1, 0.15) is 6.42 Å². The Morgan fingerprint density at radius 3 is 3.00 bits per heavy atom. The maximum atomic E-state index is 11.1. The van der Waals surface area contributed by atoms with Gasteiger partial charge in [-0.1, -0.05) is 0 Å². The van der Waals surface area contributed by atoms with Crippen LogP contribution < -0.4 is 11.1 Å². The van der Waals surface area contributed by atoms with Gasteiger partial charge < -0.3 is 10.5 Å². The molecule has 0 saturated carbocycles. The van der Waals surface area contributed by atoms with Crippen LogP contribution in [-0.2, 0) is 14.3 Å². The molecule has 2 rings (SSSR count). The summed E-state index contributed by atoms with van der Waals surface area (Å²) in [6, 6.07) is -0.176. The Morgan fingerprint density at radius 2 is 2.25 bits per heavy atom. The Labute approximate surface area is 69.2 Å². The SMILES string of the molecule is NC1COC2C(=O)NC(=O)CC12. The van der Waals surface area contributed by atoms with Crippen LogP contribution in [0.2, 0.25) is 0 Å². The smallest absolute Gasteiger partial charge is 0.256 e. The topological polar surface area (TPSA) is 81.4 Å². The highest BCUT2D eigenvalue weighted by Crippen LogP contribution is 2.26. The molecule has 2 amide bonds. The summed E-state index contributed by atoms with van der Waals surface area (Å²) in [6.45, 7) is 0.371. The molecular weight excluding hydrogens is 160 g/mol. The second kappa shape index (κ2) is 2.53. The van der Waals surface area contributed by atoms with Crippen molar-refractivity contribution in [2.45, 2.75) is 18.6 Å². The Morgan fingerprint density at radius 1 is 1.50 bits per heavy atom. The number of hydrogen-bond acceptors (Lipinski definition) is 4. The summed E-state index contributed by atoms with van der Waals surface area (Å²) in [6.07, 6.45) is -0.199. The highest BCUT2D eigenvalue weighted by Gasteiger charge is 2.44. The summed E-state index contributed by atoms with van der Waals surface area (Å²) >= 11 is 0. The van der Waals surface area contributed by atoms with Crippen LogP contribution in [0.25, 0.3) is 0 Å². The van der Waals surface area contributed by atoms with E-state index in [2.05, 4.69) is 5.32 Å². The molecule has 0 aromatic rings. The minimum absolute atomic E-state index is 0.119. The van der Waals surface area contributed by atoms with E-state index in [0.29, 0.717) is 13.0 Å². The normalized spacial score (nSPS) is 40.9. The van der Waals surface area contributed by atoms with Gasteiger partial charge in [-0.2, -0.15) is 0 Å². The number of ether oxygens (including phenoxy) is 1. The molecule has 0 radical (unpaired) electrons. The standard InChI is InChI=1S/C7H10N2O3/c8-4-2-12-6-3(4)1-5(10)9-7(6)11/h3-4,6H,1-2,8H2,(H,9,10,11). The van der Waals surface area contributed by atoms with Gasteiger partial charge in [0.25, 0.3) is 5.91 Å². The van der Waals surface area contributed by atoms with Crippen molar-refractivity contribution < 1.29 is 14.3 Å². The monoisotopic (exact) mass is 170 g/mol. The highest BCUT2D eigenvalue weighted by molar-refractivity contribution is 6.00. The van der Waals surface area contributed by atoms with Gasteiger partial charge >= 0.3 is 0 Å². The number of amides is 2. The number of piperidine rings is 1. The fourth-order valence-electron chi connectivity index (χ4n) is 1.69. The lowest BCUT2D eigenvalue weighted by Crippen LogP contribution is -2.50. The van der Waals surface area contributed by atoms with E-state index in [-0.39, 0.29) is 23.8 Å². The van der Waals surface area contributed by atoms with Crippen LogP contribution in [0.15, 0.2) is 0 Å². The van der Waals surface area contributed by atoms with Crippen LogP contribution in [0, 0.1) is 5.92 Å². The van der Waals surface area contributed by atoms with Gasteiger partial charge in [0.15, 0.2) is 0 Å². The molecule has 2 aliphatic heterocycles. The fourth-order valence-corrected chi connectivity index (χ4v) is 1.69. The zero-order chi connectivity index (χ0) is 8.72. The molecule has 0 bridgehead atoms. The van der Waals surface area contributed by atoms with Crippen LogP contribution in [0.3, 0.4) is 0 Å². The molecule has 66 valence electrons. The van der Waals surface area contributed by atoms with E-state index < -0.39 is 6.10 Å². The molecule has 0 aliphatic carbocycles. The Balaban J connectivity index is 2.19. The Kier molecular flexibility index (Phi) is 1.62. The summed E-state index contributed by atoms with van der Waals surface area (Å²) in [4.78, 5) is 22.0. The maximum Gasteiger partial charge on any atom is 0.256 e. The van der Waals surface area contributed by atoms with Gasteiger partial charge in [0.1, 0.15) is 6.10 Å². The quantitative estimate of drug-likeness (QED) is 0.428. The molecule has 3 N–H and O–H groups in total. The lowest BCUT2D eigenvalue weighted by Gasteiger charge is -2.23. The average molecular weight is 170 g/mol. The van der Waals surface area contributed by atoms with Gasteiger partial charge in [0, 0.05) is 18.4 Å². The van der Waals surface area contributed by atoms with Crippen molar-refractivity contribution >= 4 is 11.8 Å². The second-order valence-electron chi connectivity index (χ2n) is 3.20. The molecule has 12 heavy (non-hydrogen) atoms. The zero-order valence-corrected chi connectivity index (χ0v) is 6.45. The van der Waals surface area contributed by atoms with Crippen molar-refractivity contribution in [3.8, 4) is 0 Å². The van der Waals surface area contributed by atoms with Gasteiger partial charge in [-0.25, -0.2) is 0 Å². The van der Waals surface area contributed by atoms with E-state index in [9.17, 15) is 9.59 Å². The van der Waals surface area contributed by atoms with Crippen molar-refractivity contribution in [2.24, 2.45) is 11.7 Å². The zero-order valence-electron chi connectivity index (χ0n) is 6.45. The van der Waals surface area contributed by atoms with Crippen LogP contribution in [0.5, 0.6) is 0 Å². The Bertz CT molecular complexity index is 241. The fraction of sp³-hybridized carbons (Fsp3) is 0.714. The van der Waals surface area contributed by atoms with Crippen molar-refractivity contribution in [3.63, 3.8) is 0 Å². The summed E-state index contributed by atoms with van der Waals surface area (Å²) in [5.41, 5.74) is 5.66. The molecule has 5 heteroatoms. The predicted molar refractivity (Wildman–Crippen MR) is 39.0 cm³/mol. The van der Waals surface area contributed by atoms with Crippen LogP contribution >= 0.6 is 0 Å². The van der Waals surface area contributed by atoms with E-state index >= 15 is 0 Å². The third kappa shape index (κ3) is 1.02. The molecule has 3 atom stereocenters. The number of nitrogens with one attached hydrogen (secondary N) is 1. The molecule has 3 unspecified atom stereocenters. The maximum absolute atomic E-state index is 11.1. The molecule has 2 fully saturated rings. The first-order valence-electron chi connectivity index (χ1n) is 3.89. The van der Waals surface area contributed by atoms with E-state index in [1.165, 1.54) is 0 Å². The van der Waals surface area contributed by atoms with E-state index in [1.807, 2.05) is 0 Å². The molecule has 0 aromatic carbocycles. The van der Waals surface area contributed by atoms with Crippen molar-refractivity contribution in [1.82, 2.24) is 5.32 Å². The van der Waals surface area contributed by atoms with E-state index in [4.69, 9.17) is 10.5 Å². The second-order valence-corrected chi connectivity index (χ2v) is 3.20. The lowest BCUT2D eigenvalue weighted by molar-refractivity contribution is -0.142. The van der Waals surface area contributed by atoms with Crippen LogP contribution in [0.4, 0.5) is 0 Å². The third-order valence-corrected chi connectivity index (χ3v) is 2.35. The number of nitrogens with two attached hydrogens (primary N) is 1. The minimum atomic E-state index is -0.502. The first-order chi connectivity index (χ1) is 5.68. The van der Waals surface area contributed by atoms with Crippen molar-refractivity contribution in [1.29, 1.82) is 0 Å². The molecular formula is C7H10N2O3. The number of imide groups is 1. The third-order valence-electron chi connectivity index (χ3n) is 2.35. The van der Waals surface area contributed by atoms with E-state index in [1.54, 1.807) is 0 Å². The largest absolute Gasteiger partial charge is 0.366 e. The van der Waals surface area contributed by atoms with Crippen LogP contribution in [-0.4, -0.2) is 30.6 Å². The molecule has 2 saturated heterocycles. The highest BCUT2D eigenvalue weighted by atomic mass is 16.5. The van der Waals surface area contributed by atoms with Gasteiger partial charge in [-0.15, -0.1) is 0 Å². The average Bonchev–Trinajstić information content (AvgIpc) is 2.33. The van der Waals surface area contributed by atoms with Crippen molar-refractivity contribution in [2.75, 3.05) is 6.61 Å².